The molecule has 5 aromatic rings. The van der Waals surface area contributed by atoms with E-state index >= 15 is 0 Å². The van der Waals surface area contributed by atoms with Crippen LogP contribution >= 0.6 is 39.1 Å². The topological polar surface area (TPSA) is 102 Å². The fraction of sp³-hybridized carbons (Fsp3) is 0.0333. The average molecular weight is 651 g/mol. The number of carbonyl (C=O) groups is 2. The van der Waals surface area contributed by atoms with Crippen LogP contribution in [0.2, 0.25) is 10.0 Å². The molecule has 2 heterocycles. The fourth-order valence-corrected chi connectivity index (χ4v) is 5.50. The number of hydrogen-bond acceptors (Lipinski definition) is 6. The Kier molecular flexibility index (Phi) is 7.40. The molecule has 0 aliphatic carbocycles. The molecule has 8 nitrogen and oxygen atoms in total. The monoisotopic (exact) mass is 649 g/mol. The van der Waals surface area contributed by atoms with Gasteiger partial charge in [0.25, 0.3) is 5.91 Å². The Labute approximate surface area is 252 Å². The maximum absolute atomic E-state index is 13.4. The Balaban J connectivity index is 1.26. The molecule has 1 aliphatic rings. The Morgan fingerprint density at radius 1 is 0.951 bits per heavy atom. The molecule has 41 heavy (non-hydrogen) atoms. The SMILES string of the molecule is O=C(Oc1ccccc1C=NNC(=O)c1[nH]c2c(Cl)cc(Br)cc2c1-c1ccccc1Cl)c1ccc2c(c1)OCO2. The summed E-state index contributed by atoms with van der Waals surface area (Å²) in [7, 11) is 0. The molecular weight excluding hydrogens is 633 g/mol. The number of benzene rings is 4. The molecule has 0 radical (unpaired) electrons. The first kappa shape index (κ1) is 26.9. The van der Waals surface area contributed by atoms with Crippen LogP contribution in [0.3, 0.4) is 0 Å². The summed E-state index contributed by atoms with van der Waals surface area (Å²) in [5.74, 6) is 0.187. The molecule has 1 aromatic heterocycles. The number of rotatable bonds is 6. The van der Waals surface area contributed by atoms with Gasteiger partial charge in [-0.1, -0.05) is 69.5 Å². The molecule has 1 amide bonds. The van der Waals surface area contributed by atoms with Crippen LogP contribution in [0.15, 0.2) is 88.4 Å². The molecule has 6 rings (SSSR count). The van der Waals surface area contributed by atoms with Crippen LogP contribution in [0.25, 0.3) is 22.0 Å². The molecular formula is C30H18BrCl2N3O5. The third-order valence-electron chi connectivity index (χ3n) is 6.29. The van der Waals surface area contributed by atoms with Crippen LogP contribution < -0.4 is 19.6 Å². The first-order valence-corrected chi connectivity index (χ1v) is 13.7. The van der Waals surface area contributed by atoms with Gasteiger partial charge in [-0.05, 0) is 48.5 Å². The summed E-state index contributed by atoms with van der Waals surface area (Å²) < 4.78 is 17.0. The van der Waals surface area contributed by atoms with Crippen molar-refractivity contribution in [1.29, 1.82) is 0 Å². The predicted molar refractivity (Wildman–Crippen MR) is 160 cm³/mol. The van der Waals surface area contributed by atoms with E-state index in [1.54, 1.807) is 54.6 Å². The Hall–Kier alpha value is -4.31. The number of ether oxygens (including phenoxy) is 3. The van der Waals surface area contributed by atoms with E-state index in [4.69, 9.17) is 37.4 Å². The number of aromatic nitrogens is 1. The van der Waals surface area contributed by atoms with Crippen molar-refractivity contribution in [1.82, 2.24) is 10.4 Å². The van der Waals surface area contributed by atoms with Crippen molar-refractivity contribution in [3.63, 3.8) is 0 Å². The number of hydrogen-bond donors (Lipinski definition) is 2. The number of carbonyl (C=O) groups excluding carboxylic acids is 2. The maximum atomic E-state index is 13.4. The molecule has 1 aliphatic heterocycles. The van der Waals surface area contributed by atoms with Crippen molar-refractivity contribution >= 4 is 68.1 Å². The van der Waals surface area contributed by atoms with E-state index < -0.39 is 11.9 Å². The second kappa shape index (κ2) is 11.3. The predicted octanol–water partition coefficient (Wildman–Crippen LogP) is 7.62. The van der Waals surface area contributed by atoms with Crippen LogP contribution in [0.4, 0.5) is 0 Å². The minimum atomic E-state index is -0.585. The van der Waals surface area contributed by atoms with Gasteiger partial charge in [-0.15, -0.1) is 0 Å². The lowest BCUT2D eigenvalue weighted by Crippen LogP contribution is -2.19. The molecule has 204 valence electrons. The smallest absolute Gasteiger partial charge is 0.343 e. The van der Waals surface area contributed by atoms with Gasteiger partial charge in [-0.3, -0.25) is 4.79 Å². The highest BCUT2D eigenvalue weighted by Crippen LogP contribution is 2.40. The average Bonchev–Trinajstić information content (AvgIpc) is 3.59. The lowest BCUT2D eigenvalue weighted by molar-refractivity contribution is 0.0733. The van der Waals surface area contributed by atoms with Gasteiger partial charge in [0.15, 0.2) is 11.5 Å². The zero-order chi connectivity index (χ0) is 28.5. The van der Waals surface area contributed by atoms with Crippen molar-refractivity contribution in [2.24, 2.45) is 5.10 Å². The van der Waals surface area contributed by atoms with Gasteiger partial charge in [0.1, 0.15) is 11.4 Å². The van der Waals surface area contributed by atoms with E-state index in [1.807, 2.05) is 24.3 Å². The number of amides is 1. The summed E-state index contributed by atoms with van der Waals surface area (Å²) in [6, 6.07) is 22.4. The third kappa shape index (κ3) is 5.39. The van der Waals surface area contributed by atoms with Gasteiger partial charge >= 0.3 is 5.97 Å². The Bertz CT molecular complexity index is 1870. The molecule has 0 saturated carbocycles. The van der Waals surface area contributed by atoms with Crippen molar-refractivity contribution in [3.05, 3.63) is 110 Å². The van der Waals surface area contributed by atoms with Gasteiger partial charge < -0.3 is 19.2 Å². The molecule has 0 saturated heterocycles. The number of nitrogens with zero attached hydrogens (tertiary/aromatic N) is 1. The van der Waals surface area contributed by atoms with Gasteiger partial charge in [-0.2, -0.15) is 5.10 Å². The number of nitrogens with one attached hydrogen (secondary N) is 2. The summed E-state index contributed by atoms with van der Waals surface area (Å²) >= 11 is 16.5. The van der Waals surface area contributed by atoms with Crippen molar-refractivity contribution in [3.8, 4) is 28.4 Å². The number of halogens is 3. The number of H-pyrrole nitrogens is 1. The largest absolute Gasteiger partial charge is 0.454 e. The van der Waals surface area contributed by atoms with Gasteiger partial charge in [0.05, 0.1) is 22.3 Å². The molecule has 0 bridgehead atoms. The highest BCUT2D eigenvalue weighted by molar-refractivity contribution is 9.10. The number of aromatic amines is 1. The molecule has 0 spiro atoms. The summed E-state index contributed by atoms with van der Waals surface area (Å²) in [5, 5.41) is 5.75. The molecule has 0 unspecified atom stereocenters. The van der Waals surface area contributed by atoms with Crippen LogP contribution in [-0.2, 0) is 0 Å². The number of esters is 1. The number of hydrazone groups is 1. The zero-order valence-electron chi connectivity index (χ0n) is 20.9. The van der Waals surface area contributed by atoms with Crippen molar-refractivity contribution in [2.45, 2.75) is 0 Å². The van der Waals surface area contributed by atoms with E-state index in [0.717, 1.165) is 4.47 Å². The van der Waals surface area contributed by atoms with Crippen molar-refractivity contribution < 1.29 is 23.8 Å². The van der Waals surface area contributed by atoms with Crippen LogP contribution in [0.1, 0.15) is 26.4 Å². The summed E-state index contributed by atoms with van der Waals surface area (Å²) in [4.78, 5) is 29.3. The normalized spacial score (nSPS) is 12.2. The fourth-order valence-electron chi connectivity index (χ4n) is 4.41. The van der Waals surface area contributed by atoms with E-state index in [9.17, 15) is 9.59 Å². The van der Waals surface area contributed by atoms with Gasteiger partial charge in [0.2, 0.25) is 6.79 Å². The minimum absolute atomic E-state index is 0.0990. The lowest BCUT2D eigenvalue weighted by atomic mass is 10.0. The van der Waals surface area contributed by atoms with Crippen LogP contribution in [0.5, 0.6) is 17.2 Å². The van der Waals surface area contributed by atoms with E-state index in [-0.39, 0.29) is 18.2 Å². The molecule has 4 aromatic carbocycles. The Morgan fingerprint density at radius 3 is 2.59 bits per heavy atom. The van der Waals surface area contributed by atoms with E-state index in [0.29, 0.717) is 54.7 Å². The first-order chi connectivity index (χ1) is 19.9. The van der Waals surface area contributed by atoms with Crippen LogP contribution in [0, 0.1) is 0 Å². The summed E-state index contributed by atoms with van der Waals surface area (Å²) in [6.07, 6.45) is 1.39. The standard InChI is InChI=1S/C30H18BrCl2N3O5/c31-18-12-20-26(19-6-2-3-7-21(19)32)28(35-27(20)22(33)13-18)29(37)36-34-14-17-5-1-4-8-23(17)41-30(38)16-9-10-24-25(11-16)40-15-39-24/h1-14,35H,15H2,(H,36,37). The van der Waals surface area contributed by atoms with Gasteiger partial charge in [-0.25, -0.2) is 10.2 Å². The van der Waals surface area contributed by atoms with Gasteiger partial charge in [0, 0.05) is 31.6 Å². The maximum Gasteiger partial charge on any atom is 0.343 e. The molecule has 0 atom stereocenters. The second-order valence-corrected chi connectivity index (χ2v) is 10.6. The van der Waals surface area contributed by atoms with Crippen LogP contribution in [-0.4, -0.2) is 29.9 Å². The highest BCUT2D eigenvalue weighted by Gasteiger charge is 2.23. The summed E-state index contributed by atoms with van der Waals surface area (Å²) in [5.41, 5.74) is 5.36. The third-order valence-corrected chi connectivity index (χ3v) is 7.38. The first-order valence-electron chi connectivity index (χ1n) is 12.2. The zero-order valence-corrected chi connectivity index (χ0v) is 24.0. The van der Waals surface area contributed by atoms with E-state index in [1.165, 1.54) is 6.21 Å². The minimum Gasteiger partial charge on any atom is -0.454 e. The number of fused-ring (bicyclic) bond motifs is 2. The van der Waals surface area contributed by atoms with Crippen molar-refractivity contribution in [2.75, 3.05) is 6.79 Å². The summed E-state index contributed by atoms with van der Waals surface area (Å²) in [6.45, 7) is 0.0990. The lowest BCUT2D eigenvalue weighted by Gasteiger charge is -2.08. The highest BCUT2D eigenvalue weighted by atomic mass is 79.9. The number of para-hydroxylation sites is 1. The molecule has 11 heteroatoms. The molecule has 0 fully saturated rings. The van der Waals surface area contributed by atoms with E-state index in [2.05, 4.69) is 31.4 Å². The molecule has 2 N–H and O–H groups in total. The quantitative estimate of drug-likeness (QED) is 0.0852. The second-order valence-electron chi connectivity index (χ2n) is 8.86. The Morgan fingerprint density at radius 2 is 1.73 bits per heavy atom.